The maximum absolute atomic E-state index is 6.34. The Hall–Kier alpha value is -2.53. The minimum absolute atomic E-state index is 0.377. The molecule has 5 nitrogen and oxygen atoms in total. The molecule has 0 aliphatic rings. The van der Waals surface area contributed by atoms with E-state index in [0.717, 1.165) is 11.1 Å². The van der Waals surface area contributed by atoms with Gasteiger partial charge in [0.1, 0.15) is 5.54 Å². The summed E-state index contributed by atoms with van der Waals surface area (Å²) in [6, 6.07) is 13.4. The van der Waals surface area contributed by atoms with Gasteiger partial charge in [-0.3, -0.25) is 4.98 Å². The van der Waals surface area contributed by atoms with Gasteiger partial charge in [0, 0.05) is 18.0 Å². The highest BCUT2D eigenvalue weighted by Gasteiger charge is 2.30. The van der Waals surface area contributed by atoms with E-state index in [9.17, 15) is 0 Å². The van der Waals surface area contributed by atoms with E-state index in [1.165, 1.54) is 0 Å². The Morgan fingerprint density at radius 3 is 2.60 bits per heavy atom. The lowest BCUT2D eigenvalue weighted by Crippen LogP contribution is -2.34. The molecule has 3 rings (SSSR count). The molecule has 2 N–H and O–H groups in total. The van der Waals surface area contributed by atoms with Gasteiger partial charge in [-0.15, -0.1) is 0 Å². The van der Waals surface area contributed by atoms with Gasteiger partial charge in [0.2, 0.25) is 5.82 Å². The van der Waals surface area contributed by atoms with E-state index in [0.29, 0.717) is 11.7 Å². The summed E-state index contributed by atoms with van der Waals surface area (Å²) in [5, 5.41) is 3.97. The van der Waals surface area contributed by atoms with Crippen molar-refractivity contribution in [3.8, 4) is 11.4 Å². The zero-order valence-electron chi connectivity index (χ0n) is 11.0. The molecule has 0 saturated carbocycles. The largest absolute Gasteiger partial charge is 0.337 e. The summed E-state index contributed by atoms with van der Waals surface area (Å²) in [4.78, 5) is 8.42. The minimum atomic E-state index is -0.825. The van der Waals surface area contributed by atoms with E-state index >= 15 is 0 Å². The molecule has 0 spiro atoms. The van der Waals surface area contributed by atoms with Crippen LogP contribution in [0.2, 0.25) is 0 Å². The molecule has 1 unspecified atom stereocenters. The van der Waals surface area contributed by atoms with Gasteiger partial charge in [-0.05, 0) is 24.6 Å². The molecule has 3 aromatic rings. The van der Waals surface area contributed by atoms with Gasteiger partial charge < -0.3 is 10.3 Å². The molecule has 5 heteroatoms. The first kappa shape index (κ1) is 12.5. The molecule has 0 bridgehead atoms. The van der Waals surface area contributed by atoms with Crippen LogP contribution in [0.25, 0.3) is 11.4 Å². The SMILES string of the molecule is CC(N)(c1ccccc1)c1nc(-c2cccnc2)no1. The van der Waals surface area contributed by atoms with Crippen molar-refractivity contribution in [2.45, 2.75) is 12.5 Å². The van der Waals surface area contributed by atoms with Crippen LogP contribution in [-0.4, -0.2) is 15.1 Å². The monoisotopic (exact) mass is 266 g/mol. The van der Waals surface area contributed by atoms with Gasteiger partial charge in [-0.2, -0.15) is 4.98 Å². The molecule has 0 fully saturated rings. The van der Waals surface area contributed by atoms with Gasteiger partial charge >= 0.3 is 0 Å². The van der Waals surface area contributed by atoms with Crippen molar-refractivity contribution in [1.29, 1.82) is 0 Å². The summed E-state index contributed by atoms with van der Waals surface area (Å²) < 4.78 is 5.32. The lowest BCUT2D eigenvalue weighted by Gasteiger charge is -2.20. The van der Waals surface area contributed by atoms with Crippen molar-refractivity contribution in [3.63, 3.8) is 0 Å². The lowest BCUT2D eigenvalue weighted by molar-refractivity contribution is 0.325. The van der Waals surface area contributed by atoms with Gasteiger partial charge in [0.05, 0.1) is 0 Å². The zero-order chi connectivity index (χ0) is 14.0. The van der Waals surface area contributed by atoms with E-state index < -0.39 is 5.54 Å². The third-order valence-electron chi connectivity index (χ3n) is 3.16. The van der Waals surface area contributed by atoms with Crippen molar-refractivity contribution in [3.05, 3.63) is 66.3 Å². The van der Waals surface area contributed by atoms with Crippen LogP contribution in [0, 0.1) is 0 Å². The normalized spacial score (nSPS) is 13.9. The van der Waals surface area contributed by atoms with E-state index in [2.05, 4.69) is 15.1 Å². The second-order valence-electron chi connectivity index (χ2n) is 4.73. The molecule has 2 heterocycles. The number of benzene rings is 1. The minimum Gasteiger partial charge on any atom is -0.337 e. The summed E-state index contributed by atoms with van der Waals surface area (Å²) in [6.45, 7) is 1.85. The standard InChI is InChI=1S/C15H14N4O/c1-15(16,12-7-3-2-4-8-12)14-18-13(19-20-14)11-6-5-9-17-10-11/h2-10H,16H2,1H3. The number of nitrogens with two attached hydrogens (primary N) is 1. The van der Waals surface area contributed by atoms with Crippen molar-refractivity contribution in [2.24, 2.45) is 5.73 Å². The smallest absolute Gasteiger partial charge is 0.251 e. The van der Waals surface area contributed by atoms with Crippen LogP contribution in [-0.2, 0) is 5.54 Å². The maximum Gasteiger partial charge on any atom is 0.251 e. The molecule has 0 amide bonds. The summed E-state index contributed by atoms with van der Waals surface area (Å²) >= 11 is 0. The van der Waals surface area contributed by atoms with Crippen LogP contribution in [0.4, 0.5) is 0 Å². The van der Waals surface area contributed by atoms with Gasteiger partial charge in [0.15, 0.2) is 0 Å². The van der Waals surface area contributed by atoms with Crippen molar-refractivity contribution in [2.75, 3.05) is 0 Å². The molecule has 20 heavy (non-hydrogen) atoms. The van der Waals surface area contributed by atoms with E-state index in [-0.39, 0.29) is 0 Å². The second kappa shape index (κ2) is 4.86. The van der Waals surface area contributed by atoms with Crippen LogP contribution in [0.15, 0.2) is 59.4 Å². The predicted octanol–water partition coefficient (Wildman–Crippen LogP) is 2.35. The van der Waals surface area contributed by atoms with Gasteiger partial charge in [-0.25, -0.2) is 0 Å². The van der Waals surface area contributed by atoms with Crippen LogP contribution >= 0.6 is 0 Å². The Morgan fingerprint density at radius 1 is 1.10 bits per heavy atom. The first-order valence-electron chi connectivity index (χ1n) is 6.27. The van der Waals surface area contributed by atoms with Crippen molar-refractivity contribution >= 4 is 0 Å². The molecular formula is C15H14N4O. The Kier molecular flexibility index (Phi) is 3.04. The quantitative estimate of drug-likeness (QED) is 0.787. The molecule has 1 aromatic carbocycles. The number of rotatable bonds is 3. The third-order valence-corrected chi connectivity index (χ3v) is 3.16. The highest BCUT2D eigenvalue weighted by molar-refractivity contribution is 5.52. The summed E-state index contributed by atoms with van der Waals surface area (Å²) in [6.07, 6.45) is 3.38. The molecule has 1 atom stereocenters. The average Bonchev–Trinajstić information content (AvgIpc) is 3.00. The number of aromatic nitrogens is 3. The summed E-state index contributed by atoms with van der Waals surface area (Å²) in [5.41, 5.74) is 7.23. The molecule has 0 aliphatic heterocycles. The fourth-order valence-corrected chi connectivity index (χ4v) is 1.95. The van der Waals surface area contributed by atoms with Crippen LogP contribution < -0.4 is 5.73 Å². The number of hydrogen-bond donors (Lipinski definition) is 1. The average molecular weight is 266 g/mol. The van der Waals surface area contributed by atoms with Gasteiger partial charge in [0.25, 0.3) is 5.89 Å². The number of nitrogens with zero attached hydrogens (tertiary/aromatic N) is 3. The van der Waals surface area contributed by atoms with Crippen LogP contribution in [0.5, 0.6) is 0 Å². The molecule has 2 aromatic heterocycles. The zero-order valence-corrected chi connectivity index (χ0v) is 11.0. The Balaban J connectivity index is 1.98. The molecule has 0 aliphatic carbocycles. The molecule has 100 valence electrons. The van der Waals surface area contributed by atoms with E-state index in [1.807, 2.05) is 49.4 Å². The second-order valence-corrected chi connectivity index (χ2v) is 4.73. The predicted molar refractivity (Wildman–Crippen MR) is 74.6 cm³/mol. The van der Waals surface area contributed by atoms with Crippen molar-refractivity contribution < 1.29 is 4.52 Å². The number of hydrogen-bond acceptors (Lipinski definition) is 5. The van der Waals surface area contributed by atoms with Crippen LogP contribution in [0.1, 0.15) is 18.4 Å². The molecular weight excluding hydrogens is 252 g/mol. The topological polar surface area (TPSA) is 77.8 Å². The third kappa shape index (κ3) is 2.19. The van der Waals surface area contributed by atoms with Gasteiger partial charge in [-0.1, -0.05) is 35.5 Å². The first-order chi connectivity index (χ1) is 9.68. The first-order valence-corrected chi connectivity index (χ1v) is 6.27. The Morgan fingerprint density at radius 2 is 1.90 bits per heavy atom. The summed E-state index contributed by atoms with van der Waals surface area (Å²) in [5.74, 6) is 0.864. The van der Waals surface area contributed by atoms with E-state index in [4.69, 9.17) is 10.3 Å². The van der Waals surface area contributed by atoms with Crippen molar-refractivity contribution in [1.82, 2.24) is 15.1 Å². The summed E-state index contributed by atoms with van der Waals surface area (Å²) in [7, 11) is 0. The molecule has 0 saturated heterocycles. The Labute approximate surface area is 116 Å². The molecule has 0 radical (unpaired) electrons. The van der Waals surface area contributed by atoms with Crippen LogP contribution in [0.3, 0.4) is 0 Å². The van der Waals surface area contributed by atoms with E-state index in [1.54, 1.807) is 12.4 Å². The fraction of sp³-hybridized carbons (Fsp3) is 0.133. The Bertz CT molecular complexity index is 692. The highest BCUT2D eigenvalue weighted by Crippen LogP contribution is 2.26. The maximum atomic E-state index is 6.34. The highest BCUT2D eigenvalue weighted by atomic mass is 16.5. The number of pyridine rings is 1. The lowest BCUT2D eigenvalue weighted by atomic mass is 9.93. The fourth-order valence-electron chi connectivity index (χ4n) is 1.95.